The molecule has 4 N–H and O–H groups in total. The number of piperidine rings is 2. The summed E-state index contributed by atoms with van der Waals surface area (Å²) in [6, 6.07) is 5.56. The van der Waals surface area contributed by atoms with E-state index >= 15 is 0 Å². The Balaban J connectivity index is 1.51. The second kappa shape index (κ2) is 9.93. The molecule has 29 heavy (non-hydrogen) atoms. The Kier molecular flexibility index (Phi) is 7.33. The van der Waals surface area contributed by atoms with Crippen LogP contribution in [0.4, 0.5) is 21.0 Å². The molecule has 0 unspecified atom stereocenters. The SMILES string of the molecule is Cc1ccc(NC(=O)NC2CCN(C)CC2)cc1NC(=O)NC1CCN(C)CC1. The van der Waals surface area contributed by atoms with Gasteiger partial charge < -0.3 is 31.1 Å². The lowest BCUT2D eigenvalue weighted by Crippen LogP contribution is -2.45. The van der Waals surface area contributed by atoms with Crippen molar-refractivity contribution in [1.29, 1.82) is 0 Å². The Morgan fingerprint density at radius 2 is 1.31 bits per heavy atom. The smallest absolute Gasteiger partial charge is 0.319 e. The van der Waals surface area contributed by atoms with E-state index in [2.05, 4.69) is 45.2 Å². The van der Waals surface area contributed by atoms with Crippen LogP contribution in [0.3, 0.4) is 0 Å². The van der Waals surface area contributed by atoms with Crippen LogP contribution in [0.1, 0.15) is 31.2 Å². The summed E-state index contributed by atoms with van der Waals surface area (Å²) in [6.45, 7) is 5.92. The molecular weight excluding hydrogens is 368 g/mol. The molecule has 2 saturated heterocycles. The number of hydrogen-bond donors (Lipinski definition) is 4. The first-order valence-corrected chi connectivity index (χ1v) is 10.5. The van der Waals surface area contributed by atoms with Gasteiger partial charge in [0.2, 0.25) is 0 Å². The van der Waals surface area contributed by atoms with Gasteiger partial charge in [0.25, 0.3) is 0 Å². The van der Waals surface area contributed by atoms with E-state index in [4.69, 9.17) is 0 Å². The van der Waals surface area contributed by atoms with Crippen molar-refractivity contribution in [2.24, 2.45) is 0 Å². The largest absolute Gasteiger partial charge is 0.335 e. The number of nitrogens with zero attached hydrogens (tertiary/aromatic N) is 2. The fourth-order valence-electron chi connectivity index (χ4n) is 3.84. The first kappa shape index (κ1) is 21.4. The zero-order chi connectivity index (χ0) is 20.8. The van der Waals surface area contributed by atoms with Crippen molar-refractivity contribution in [2.75, 3.05) is 50.9 Å². The Bertz CT molecular complexity index is 709. The molecule has 1 aromatic carbocycles. The van der Waals surface area contributed by atoms with E-state index < -0.39 is 0 Å². The Hall–Kier alpha value is -2.32. The number of aryl methyl sites for hydroxylation is 1. The molecule has 0 spiro atoms. The van der Waals surface area contributed by atoms with Gasteiger partial charge in [0.05, 0.1) is 0 Å². The van der Waals surface area contributed by atoms with Gasteiger partial charge in [-0.1, -0.05) is 6.07 Å². The number of carbonyl (C=O) groups excluding carboxylic acids is 2. The van der Waals surface area contributed by atoms with E-state index in [-0.39, 0.29) is 24.1 Å². The molecule has 0 bridgehead atoms. The Labute approximate surface area is 173 Å². The lowest BCUT2D eigenvalue weighted by Gasteiger charge is -2.29. The van der Waals surface area contributed by atoms with Gasteiger partial charge in [-0.2, -0.15) is 0 Å². The molecule has 8 nitrogen and oxygen atoms in total. The molecule has 2 aliphatic rings. The van der Waals surface area contributed by atoms with E-state index in [0.717, 1.165) is 57.4 Å². The monoisotopic (exact) mass is 402 g/mol. The second-order valence-corrected chi connectivity index (χ2v) is 8.38. The number of anilines is 2. The highest BCUT2D eigenvalue weighted by molar-refractivity contribution is 5.93. The third kappa shape index (κ3) is 6.61. The number of hydrogen-bond acceptors (Lipinski definition) is 4. The van der Waals surface area contributed by atoms with Crippen molar-refractivity contribution in [2.45, 2.75) is 44.7 Å². The van der Waals surface area contributed by atoms with Crippen LogP contribution in [0.15, 0.2) is 18.2 Å². The molecule has 160 valence electrons. The third-order valence-electron chi connectivity index (χ3n) is 5.85. The van der Waals surface area contributed by atoms with E-state index in [0.29, 0.717) is 11.4 Å². The van der Waals surface area contributed by atoms with Crippen LogP contribution in [-0.2, 0) is 0 Å². The fraction of sp³-hybridized carbons (Fsp3) is 0.619. The summed E-state index contributed by atoms with van der Waals surface area (Å²) in [5.41, 5.74) is 2.31. The minimum absolute atomic E-state index is 0.199. The molecule has 3 rings (SSSR count). The van der Waals surface area contributed by atoms with E-state index in [1.54, 1.807) is 6.07 Å². The predicted molar refractivity (Wildman–Crippen MR) is 117 cm³/mol. The molecule has 0 saturated carbocycles. The van der Waals surface area contributed by atoms with Crippen LogP contribution < -0.4 is 21.3 Å². The summed E-state index contributed by atoms with van der Waals surface area (Å²) >= 11 is 0. The Morgan fingerprint density at radius 1 is 0.828 bits per heavy atom. The number of rotatable bonds is 4. The van der Waals surface area contributed by atoms with Gasteiger partial charge in [-0.25, -0.2) is 9.59 Å². The lowest BCUT2D eigenvalue weighted by atomic mass is 10.1. The summed E-state index contributed by atoms with van der Waals surface area (Å²) < 4.78 is 0. The quantitative estimate of drug-likeness (QED) is 0.623. The first-order chi connectivity index (χ1) is 13.9. The molecule has 0 aromatic heterocycles. The number of carbonyl (C=O) groups is 2. The zero-order valence-electron chi connectivity index (χ0n) is 17.8. The topological polar surface area (TPSA) is 88.7 Å². The minimum Gasteiger partial charge on any atom is -0.335 e. The van der Waals surface area contributed by atoms with Gasteiger partial charge in [-0.3, -0.25) is 0 Å². The summed E-state index contributed by atoms with van der Waals surface area (Å²) in [5.74, 6) is 0. The molecule has 2 fully saturated rings. The minimum atomic E-state index is -0.204. The summed E-state index contributed by atoms with van der Waals surface area (Å²) in [7, 11) is 4.20. The molecule has 4 amide bonds. The van der Waals surface area contributed by atoms with Gasteiger partial charge in [-0.05, 0) is 90.6 Å². The van der Waals surface area contributed by atoms with Crippen LogP contribution in [0, 0.1) is 6.92 Å². The standard InChI is InChI=1S/C21H34N6O2/c1-15-4-5-18(24-20(28)22-16-6-10-26(2)11-7-16)14-19(15)25-21(29)23-17-8-12-27(3)13-9-17/h4-5,14,16-17H,6-13H2,1-3H3,(H2,22,24,28)(H2,23,25,29). The van der Waals surface area contributed by atoms with Crippen LogP contribution >= 0.6 is 0 Å². The molecule has 2 heterocycles. The number of nitrogens with one attached hydrogen (secondary N) is 4. The normalized spacial score (nSPS) is 19.6. The van der Waals surface area contributed by atoms with Crippen LogP contribution in [0.2, 0.25) is 0 Å². The molecule has 0 radical (unpaired) electrons. The number of amides is 4. The lowest BCUT2D eigenvalue weighted by molar-refractivity contribution is 0.221. The number of benzene rings is 1. The zero-order valence-corrected chi connectivity index (χ0v) is 17.8. The highest BCUT2D eigenvalue weighted by atomic mass is 16.2. The predicted octanol–water partition coefficient (Wildman–Crippen LogP) is 2.43. The number of urea groups is 2. The van der Waals surface area contributed by atoms with Crippen LogP contribution in [0.25, 0.3) is 0 Å². The average Bonchev–Trinajstić information content (AvgIpc) is 2.68. The van der Waals surface area contributed by atoms with Crippen molar-refractivity contribution in [3.05, 3.63) is 23.8 Å². The van der Waals surface area contributed by atoms with Gasteiger partial charge in [0, 0.05) is 23.5 Å². The maximum Gasteiger partial charge on any atom is 0.319 e. The van der Waals surface area contributed by atoms with Gasteiger partial charge in [0.1, 0.15) is 0 Å². The molecule has 1 aromatic rings. The number of likely N-dealkylation sites (tertiary alicyclic amines) is 2. The van der Waals surface area contributed by atoms with Crippen molar-refractivity contribution < 1.29 is 9.59 Å². The molecule has 0 atom stereocenters. The maximum atomic E-state index is 12.4. The second-order valence-electron chi connectivity index (χ2n) is 8.38. The van der Waals surface area contributed by atoms with Crippen molar-refractivity contribution in [3.8, 4) is 0 Å². The van der Waals surface area contributed by atoms with E-state index in [9.17, 15) is 9.59 Å². The Morgan fingerprint density at radius 3 is 1.83 bits per heavy atom. The molecule has 8 heteroatoms. The first-order valence-electron chi connectivity index (χ1n) is 10.5. The average molecular weight is 403 g/mol. The maximum absolute atomic E-state index is 12.4. The van der Waals surface area contributed by atoms with Gasteiger partial charge in [0.15, 0.2) is 0 Å². The molecule has 2 aliphatic heterocycles. The third-order valence-corrected chi connectivity index (χ3v) is 5.85. The highest BCUT2D eigenvalue weighted by Crippen LogP contribution is 2.21. The fourth-order valence-corrected chi connectivity index (χ4v) is 3.84. The van der Waals surface area contributed by atoms with E-state index in [1.165, 1.54) is 0 Å². The molecular formula is C21H34N6O2. The van der Waals surface area contributed by atoms with Crippen LogP contribution in [0.5, 0.6) is 0 Å². The van der Waals surface area contributed by atoms with Crippen molar-refractivity contribution in [3.63, 3.8) is 0 Å². The summed E-state index contributed by atoms with van der Waals surface area (Å²) in [5, 5.41) is 11.9. The molecule has 0 aliphatic carbocycles. The summed E-state index contributed by atoms with van der Waals surface area (Å²) in [6.07, 6.45) is 3.84. The highest BCUT2D eigenvalue weighted by Gasteiger charge is 2.20. The summed E-state index contributed by atoms with van der Waals surface area (Å²) in [4.78, 5) is 29.3. The van der Waals surface area contributed by atoms with Gasteiger partial charge >= 0.3 is 12.1 Å². The van der Waals surface area contributed by atoms with Gasteiger partial charge in [-0.15, -0.1) is 0 Å². The van der Waals surface area contributed by atoms with Crippen molar-refractivity contribution in [1.82, 2.24) is 20.4 Å². The van der Waals surface area contributed by atoms with Crippen molar-refractivity contribution >= 4 is 23.4 Å². The van der Waals surface area contributed by atoms with Crippen LogP contribution in [-0.4, -0.2) is 74.2 Å². The van der Waals surface area contributed by atoms with E-state index in [1.807, 2.05) is 19.1 Å².